The predicted molar refractivity (Wildman–Crippen MR) is 71.9 cm³/mol. The van der Waals surface area contributed by atoms with Crippen LogP contribution in [0.25, 0.3) is 0 Å². The Labute approximate surface area is 107 Å². The van der Waals surface area contributed by atoms with Crippen molar-refractivity contribution in [3.63, 3.8) is 0 Å². The standard InChI is InChI=1S/C14H18O2S/c1-2-16-14(15)11-7-4-8-12-17-13-9-5-3-6-10-13/h3,5-6,8-10,12H,2,4,7,11H2,1H3/b12-8+. The molecule has 2 nitrogen and oxygen atoms in total. The van der Waals surface area contributed by atoms with Crippen molar-refractivity contribution in [1.29, 1.82) is 0 Å². The Hall–Kier alpha value is -1.22. The minimum Gasteiger partial charge on any atom is -0.466 e. The van der Waals surface area contributed by atoms with Crippen LogP contribution in [-0.2, 0) is 9.53 Å². The smallest absolute Gasteiger partial charge is 0.305 e. The Kier molecular flexibility index (Phi) is 7.23. The van der Waals surface area contributed by atoms with Crippen LogP contribution in [0.15, 0.2) is 46.7 Å². The predicted octanol–water partition coefficient (Wildman–Crippen LogP) is 4.03. The molecule has 1 aromatic rings. The van der Waals surface area contributed by atoms with E-state index in [0.29, 0.717) is 13.0 Å². The lowest BCUT2D eigenvalue weighted by molar-refractivity contribution is -0.143. The van der Waals surface area contributed by atoms with E-state index in [-0.39, 0.29) is 5.97 Å². The highest BCUT2D eigenvalue weighted by Gasteiger charge is 1.98. The number of hydrogen-bond acceptors (Lipinski definition) is 3. The lowest BCUT2D eigenvalue weighted by atomic mass is 10.2. The van der Waals surface area contributed by atoms with E-state index in [2.05, 4.69) is 23.6 Å². The van der Waals surface area contributed by atoms with E-state index < -0.39 is 0 Å². The molecule has 0 unspecified atom stereocenters. The van der Waals surface area contributed by atoms with Crippen molar-refractivity contribution < 1.29 is 9.53 Å². The van der Waals surface area contributed by atoms with E-state index in [1.807, 2.05) is 25.1 Å². The van der Waals surface area contributed by atoms with Gasteiger partial charge in [-0.15, -0.1) is 0 Å². The summed E-state index contributed by atoms with van der Waals surface area (Å²) in [6.45, 7) is 2.30. The average Bonchev–Trinajstić information content (AvgIpc) is 2.35. The highest BCUT2D eigenvalue weighted by atomic mass is 32.2. The second-order valence-corrected chi connectivity index (χ2v) is 4.48. The zero-order chi connectivity index (χ0) is 12.3. The quantitative estimate of drug-likeness (QED) is 0.415. The molecule has 1 aromatic carbocycles. The summed E-state index contributed by atoms with van der Waals surface area (Å²) in [5.41, 5.74) is 0. The van der Waals surface area contributed by atoms with Gasteiger partial charge in [0.05, 0.1) is 6.61 Å². The Morgan fingerprint density at radius 2 is 2.12 bits per heavy atom. The molecule has 0 saturated carbocycles. The van der Waals surface area contributed by atoms with Gasteiger partial charge in [0.25, 0.3) is 0 Å². The van der Waals surface area contributed by atoms with E-state index >= 15 is 0 Å². The van der Waals surface area contributed by atoms with Gasteiger partial charge in [-0.3, -0.25) is 4.79 Å². The van der Waals surface area contributed by atoms with Gasteiger partial charge in [-0.2, -0.15) is 0 Å². The highest BCUT2D eigenvalue weighted by molar-refractivity contribution is 8.02. The number of allylic oxidation sites excluding steroid dienone is 1. The first kappa shape index (κ1) is 13.8. The lowest BCUT2D eigenvalue weighted by Gasteiger charge is -1.99. The minimum absolute atomic E-state index is 0.100. The molecule has 0 amide bonds. The molecule has 0 aliphatic carbocycles. The Bertz CT molecular complexity index is 346. The number of carbonyl (C=O) groups excluding carboxylic acids is 1. The van der Waals surface area contributed by atoms with Gasteiger partial charge in [0.2, 0.25) is 0 Å². The number of hydrogen-bond donors (Lipinski definition) is 0. The maximum Gasteiger partial charge on any atom is 0.305 e. The molecule has 1 rings (SSSR count). The Balaban J connectivity index is 2.09. The van der Waals surface area contributed by atoms with Crippen LogP contribution in [0.3, 0.4) is 0 Å². The molecule has 0 saturated heterocycles. The fraction of sp³-hybridized carbons (Fsp3) is 0.357. The molecule has 0 aliphatic heterocycles. The van der Waals surface area contributed by atoms with E-state index in [4.69, 9.17) is 4.74 Å². The normalized spacial score (nSPS) is 10.6. The molecule has 92 valence electrons. The number of thioether (sulfide) groups is 1. The largest absolute Gasteiger partial charge is 0.466 e. The summed E-state index contributed by atoms with van der Waals surface area (Å²) >= 11 is 1.69. The molecule has 3 heteroatoms. The van der Waals surface area contributed by atoms with Gasteiger partial charge in [0, 0.05) is 11.3 Å². The molecule has 0 aromatic heterocycles. The highest BCUT2D eigenvalue weighted by Crippen LogP contribution is 2.18. The number of esters is 1. The van der Waals surface area contributed by atoms with Gasteiger partial charge in [0.15, 0.2) is 0 Å². The van der Waals surface area contributed by atoms with Crippen molar-refractivity contribution >= 4 is 17.7 Å². The number of unbranched alkanes of at least 4 members (excludes halogenated alkanes) is 1. The van der Waals surface area contributed by atoms with Gasteiger partial charge in [-0.1, -0.05) is 36.0 Å². The van der Waals surface area contributed by atoms with Crippen molar-refractivity contribution in [1.82, 2.24) is 0 Å². The molecule has 0 aliphatic rings. The van der Waals surface area contributed by atoms with Crippen molar-refractivity contribution in [2.24, 2.45) is 0 Å². The monoisotopic (exact) mass is 250 g/mol. The number of ether oxygens (including phenoxy) is 1. The first-order chi connectivity index (χ1) is 8.33. The maximum atomic E-state index is 11.0. The second-order valence-electron chi connectivity index (χ2n) is 3.50. The molecule has 0 atom stereocenters. The van der Waals surface area contributed by atoms with Crippen molar-refractivity contribution in [2.45, 2.75) is 31.1 Å². The van der Waals surface area contributed by atoms with Crippen LogP contribution in [0.4, 0.5) is 0 Å². The first-order valence-electron chi connectivity index (χ1n) is 5.85. The third-order valence-corrected chi connectivity index (χ3v) is 2.97. The van der Waals surface area contributed by atoms with Crippen LogP contribution < -0.4 is 0 Å². The SMILES string of the molecule is CCOC(=O)CCC/C=C/Sc1ccccc1. The molecular formula is C14H18O2S. The number of carbonyl (C=O) groups is 1. The van der Waals surface area contributed by atoms with Gasteiger partial charge in [-0.05, 0) is 37.3 Å². The summed E-state index contributed by atoms with van der Waals surface area (Å²) in [6, 6.07) is 10.2. The number of benzene rings is 1. The van der Waals surface area contributed by atoms with Crippen LogP contribution in [0, 0.1) is 0 Å². The van der Waals surface area contributed by atoms with Gasteiger partial charge < -0.3 is 4.74 Å². The Morgan fingerprint density at radius 3 is 2.82 bits per heavy atom. The maximum absolute atomic E-state index is 11.0. The van der Waals surface area contributed by atoms with Crippen LogP contribution >= 0.6 is 11.8 Å². The molecule has 0 bridgehead atoms. The summed E-state index contributed by atoms with van der Waals surface area (Å²) in [4.78, 5) is 12.3. The second kappa shape index (κ2) is 8.88. The van der Waals surface area contributed by atoms with Gasteiger partial charge in [0.1, 0.15) is 0 Å². The molecule has 0 N–H and O–H groups in total. The van der Waals surface area contributed by atoms with E-state index in [1.54, 1.807) is 11.8 Å². The van der Waals surface area contributed by atoms with Crippen LogP contribution in [0.5, 0.6) is 0 Å². The summed E-state index contributed by atoms with van der Waals surface area (Å²) in [7, 11) is 0. The van der Waals surface area contributed by atoms with Crippen LogP contribution in [0.1, 0.15) is 26.2 Å². The van der Waals surface area contributed by atoms with Crippen LogP contribution in [0.2, 0.25) is 0 Å². The lowest BCUT2D eigenvalue weighted by Crippen LogP contribution is -2.02. The molecule has 0 spiro atoms. The summed E-state index contributed by atoms with van der Waals surface area (Å²) in [5.74, 6) is -0.100. The molecule has 0 fully saturated rings. The van der Waals surface area contributed by atoms with E-state index in [1.165, 1.54) is 4.90 Å². The third-order valence-electron chi connectivity index (χ3n) is 2.10. The van der Waals surface area contributed by atoms with E-state index in [9.17, 15) is 4.79 Å². The van der Waals surface area contributed by atoms with Crippen LogP contribution in [-0.4, -0.2) is 12.6 Å². The van der Waals surface area contributed by atoms with Crippen molar-refractivity contribution in [3.8, 4) is 0 Å². The van der Waals surface area contributed by atoms with E-state index in [0.717, 1.165) is 12.8 Å². The van der Waals surface area contributed by atoms with Crippen molar-refractivity contribution in [2.75, 3.05) is 6.61 Å². The fourth-order valence-electron chi connectivity index (χ4n) is 1.29. The molecular weight excluding hydrogens is 232 g/mol. The third kappa shape index (κ3) is 6.84. The minimum atomic E-state index is -0.100. The average molecular weight is 250 g/mol. The summed E-state index contributed by atoms with van der Waals surface area (Å²) in [6.07, 6.45) is 4.37. The molecule has 17 heavy (non-hydrogen) atoms. The summed E-state index contributed by atoms with van der Waals surface area (Å²) in [5, 5.41) is 2.07. The number of rotatable bonds is 7. The van der Waals surface area contributed by atoms with Gasteiger partial charge in [-0.25, -0.2) is 0 Å². The summed E-state index contributed by atoms with van der Waals surface area (Å²) < 4.78 is 4.85. The zero-order valence-corrected chi connectivity index (χ0v) is 10.9. The Morgan fingerprint density at radius 1 is 1.35 bits per heavy atom. The molecule has 0 radical (unpaired) electrons. The molecule has 0 heterocycles. The van der Waals surface area contributed by atoms with Gasteiger partial charge >= 0.3 is 5.97 Å². The zero-order valence-electron chi connectivity index (χ0n) is 10.1. The van der Waals surface area contributed by atoms with Crippen molar-refractivity contribution in [3.05, 3.63) is 41.8 Å². The first-order valence-corrected chi connectivity index (χ1v) is 6.73. The topological polar surface area (TPSA) is 26.3 Å². The fourth-order valence-corrected chi connectivity index (χ4v) is 1.99.